The molecule has 1 aromatic rings. The average Bonchev–Trinajstić information content (AvgIpc) is 2.38. The molecule has 7 heteroatoms. The van der Waals surface area contributed by atoms with Crippen molar-refractivity contribution >= 4 is 33.2 Å². The van der Waals surface area contributed by atoms with Crippen molar-refractivity contribution in [1.29, 1.82) is 0 Å². The Morgan fingerprint density at radius 2 is 1.90 bits per heavy atom. The Morgan fingerprint density at radius 3 is 2.40 bits per heavy atom. The van der Waals surface area contributed by atoms with Crippen molar-refractivity contribution in [3.05, 3.63) is 29.8 Å². The first-order chi connectivity index (χ1) is 9.38. The molecule has 1 amide bonds. The van der Waals surface area contributed by atoms with E-state index < -0.39 is 10.0 Å². The molecule has 1 unspecified atom stereocenters. The van der Waals surface area contributed by atoms with E-state index in [1.54, 1.807) is 31.2 Å². The van der Waals surface area contributed by atoms with E-state index in [0.29, 0.717) is 17.8 Å². The fourth-order valence-electron chi connectivity index (χ4n) is 1.59. The van der Waals surface area contributed by atoms with E-state index in [0.717, 1.165) is 0 Å². The number of hydrogen-bond acceptors (Lipinski definition) is 3. The zero-order valence-corrected chi connectivity index (χ0v) is 13.1. The molecule has 0 bridgehead atoms. The molecule has 1 aromatic carbocycles. The SMILES string of the molecule is CCNC(=O)c1ccc(NS(=O)(=O)CC(C)CCl)cc1. The van der Waals surface area contributed by atoms with E-state index in [1.165, 1.54) is 0 Å². The quantitative estimate of drug-likeness (QED) is 0.756. The topological polar surface area (TPSA) is 75.3 Å². The zero-order chi connectivity index (χ0) is 15.2. The third-order valence-corrected chi connectivity index (χ3v) is 4.61. The standard InChI is InChI=1S/C13H19ClN2O3S/c1-3-15-13(17)11-4-6-12(7-5-11)16-20(18,19)9-10(2)8-14/h4-7,10,16H,3,8-9H2,1-2H3,(H,15,17). The fraction of sp³-hybridized carbons (Fsp3) is 0.462. The highest BCUT2D eigenvalue weighted by Crippen LogP contribution is 2.13. The van der Waals surface area contributed by atoms with Crippen LogP contribution in [-0.4, -0.2) is 32.5 Å². The molecule has 1 rings (SSSR count). The Labute approximate surface area is 124 Å². The Kier molecular flexibility index (Phi) is 6.29. The summed E-state index contributed by atoms with van der Waals surface area (Å²) in [5.41, 5.74) is 0.920. The van der Waals surface area contributed by atoms with Gasteiger partial charge in [0, 0.05) is 23.7 Å². The highest BCUT2D eigenvalue weighted by molar-refractivity contribution is 7.92. The van der Waals surface area contributed by atoms with Gasteiger partial charge in [-0.05, 0) is 37.1 Å². The minimum atomic E-state index is -3.42. The van der Waals surface area contributed by atoms with Gasteiger partial charge in [-0.25, -0.2) is 8.42 Å². The maximum atomic E-state index is 11.8. The number of amides is 1. The van der Waals surface area contributed by atoms with Crippen molar-refractivity contribution in [3.8, 4) is 0 Å². The third kappa shape index (κ3) is 5.38. The monoisotopic (exact) mass is 318 g/mol. The predicted molar refractivity (Wildman–Crippen MR) is 81.7 cm³/mol. The van der Waals surface area contributed by atoms with E-state index in [-0.39, 0.29) is 23.5 Å². The van der Waals surface area contributed by atoms with Crippen LogP contribution in [0, 0.1) is 5.92 Å². The minimum Gasteiger partial charge on any atom is -0.352 e. The van der Waals surface area contributed by atoms with Gasteiger partial charge in [-0.3, -0.25) is 9.52 Å². The molecule has 0 aliphatic rings. The van der Waals surface area contributed by atoms with Crippen molar-refractivity contribution in [2.45, 2.75) is 13.8 Å². The summed E-state index contributed by atoms with van der Waals surface area (Å²) in [5, 5.41) is 2.67. The van der Waals surface area contributed by atoms with Crippen LogP contribution in [0.25, 0.3) is 0 Å². The van der Waals surface area contributed by atoms with Gasteiger partial charge in [0.25, 0.3) is 5.91 Å². The van der Waals surface area contributed by atoms with Crippen molar-refractivity contribution < 1.29 is 13.2 Å². The predicted octanol–water partition coefficient (Wildman–Crippen LogP) is 2.05. The normalized spacial score (nSPS) is 12.8. The van der Waals surface area contributed by atoms with Gasteiger partial charge in [0.15, 0.2) is 0 Å². The summed E-state index contributed by atoms with van der Waals surface area (Å²) in [5.74, 6) is -0.0487. The number of anilines is 1. The average molecular weight is 319 g/mol. The summed E-state index contributed by atoms with van der Waals surface area (Å²) in [7, 11) is -3.42. The molecule has 20 heavy (non-hydrogen) atoms. The van der Waals surface area contributed by atoms with Crippen LogP contribution in [-0.2, 0) is 10.0 Å². The van der Waals surface area contributed by atoms with Gasteiger partial charge in [0.1, 0.15) is 0 Å². The third-order valence-electron chi connectivity index (χ3n) is 2.53. The second-order valence-electron chi connectivity index (χ2n) is 4.58. The smallest absolute Gasteiger partial charge is 0.251 e. The highest BCUT2D eigenvalue weighted by atomic mass is 35.5. The first kappa shape index (κ1) is 16.8. The van der Waals surface area contributed by atoms with E-state index in [2.05, 4.69) is 10.0 Å². The van der Waals surface area contributed by atoms with Gasteiger partial charge < -0.3 is 5.32 Å². The van der Waals surface area contributed by atoms with E-state index in [1.807, 2.05) is 6.92 Å². The van der Waals surface area contributed by atoms with Crippen LogP contribution in [0.2, 0.25) is 0 Å². The molecule has 0 aliphatic heterocycles. The van der Waals surface area contributed by atoms with Crippen LogP contribution in [0.4, 0.5) is 5.69 Å². The lowest BCUT2D eigenvalue weighted by Gasteiger charge is -2.11. The summed E-state index contributed by atoms with van der Waals surface area (Å²) in [6.07, 6.45) is 0. The molecule has 0 heterocycles. The van der Waals surface area contributed by atoms with Crippen molar-refractivity contribution in [2.24, 2.45) is 5.92 Å². The molecule has 0 fully saturated rings. The Morgan fingerprint density at radius 1 is 1.30 bits per heavy atom. The number of hydrogen-bond donors (Lipinski definition) is 2. The summed E-state index contributed by atoms with van der Waals surface area (Å²) >= 11 is 5.61. The van der Waals surface area contributed by atoms with Gasteiger partial charge in [-0.1, -0.05) is 6.92 Å². The molecule has 112 valence electrons. The molecule has 0 aromatic heterocycles. The first-order valence-corrected chi connectivity index (χ1v) is 8.51. The second-order valence-corrected chi connectivity index (χ2v) is 6.66. The summed E-state index contributed by atoms with van der Waals surface area (Å²) in [6, 6.07) is 6.28. The fourth-order valence-corrected chi connectivity index (χ4v) is 3.28. The Balaban J connectivity index is 2.72. The number of benzene rings is 1. The number of alkyl halides is 1. The number of carbonyl (C=O) groups excluding carboxylic acids is 1. The number of sulfonamides is 1. The zero-order valence-electron chi connectivity index (χ0n) is 11.5. The maximum Gasteiger partial charge on any atom is 0.251 e. The Hall–Kier alpha value is -1.27. The molecule has 1 atom stereocenters. The van der Waals surface area contributed by atoms with Crippen molar-refractivity contribution in [3.63, 3.8) is 0 Å². The van der Waals surface area contributed by atoms with Gasteiger partial charge in [0.2, 0.25) is 10.0 Å². The lowest BCUT2D eigenvalue weighted by atomic mass is 10.2. The largest absolute Gasteiger partial charge is 0.352 e. The van der Waals surface area contributed by atoms with E-state index >= 15 is 0 Å². The van der Waals surface area contributed by atoms with Gasteiger partial charge >= 0.3 is 0 Å². The highest BCUT2D eigenvalue weighted by Gasteiger charge is 2.15. The molecule has 0 saturated carbocycles. The van der Waals surface area contributed by atoms with Crippen molar-refractivity contribution in [2.75, 3.05) is 22.9 Å². The van der Waals surface area contributed by atoms with Crippen LogP contribution in [0.15, 0.2) is 24.3 Å². The van der Waals surface area contributed by atoms with Crippen LogP contribution >= 0.6 is 11.6 Å². The molecule has 0 radical (unpaired) electrons. The van der Waals surface area contributed by atoms with Gasteiger partial charge in [-0.2, -0.15) is 0 Å². The van der Waals surface area contributed by atoms with Crippen molar-refractivity contribution in [1.82, 2.24) is 5.32 Å². The van der Waals surface area contributed by atoms with Gasteiger partial charge in [0.05, 0.1) is 5.75 Å². The number of rotatable bonds is 7. The van der Waals surface area contributed by atoms with Gasteiger partial charge in [-0.15, -0.1) is 11.6 Å². The molecule has 5 nitrogen and oxygen atoms in total. The summed E-state index contributed by atoms with van der Waals surface area (Å²) in [6.45, 7) is 4.15. The molecule has 2 N–H and O–H groups in total. The lowest BCUT2D eigenvalue weighted by Crippen LogP contribution is -2.23. The summed E-state index contributed by atoms with van der Waals surface area (Å²) in [4.78, 5) is 11.6. The maximum absolute atomic E-state index is 11.8. The Bertz CT molecular complexity index is 543. The second kappa shape index (κ2) is 7.50. The van der Waals surface area contributed by atoms with Crippen LogP contribution in [0.1, 0.15) is 24.2 Å². The molecule has 0 aliphatic carbocycles. The van der Waals surface area contributed by atoms with E-state index in [4.69, 9.17) is 11.6 Å². The first-order valence-electron chi connectivity index (χ1n) is 6.32. The molecular weight excluding hydrogens is 300 g/mol. The molecule has 0 saturated heterocycles. The van der Waals surface area contributed by atoms with Crippen LogP contribution in [0.5, 0.6) is 0 Å². The van der Waals surface area contributed by atoms with Crippen LogP contribution in [0.3, 0.4) is 0 Å². The summed E-state index contributed by atoms with van der Waals surface area (Å²) < 4.78 is 26.1. The van der Waals surface area contributed by atoms with E-state index in [9.17, 15) is 13.2 Å². The number of halogens is 1. The number of carbonyl (C=O) groups is 1. The molecular formula is C13H19ClN2O3S. The van der Waals surface area contributed by atoms with Crippen LogP contribution < -0.4 is 10.0 Å². The lowest BCUT2D eigenvalue weighted by molar-refractivity contribution is 0.0956. The molecule has 0 spiro atoms. The number of nitrogens with one attached hydrogen (secondary N) is 2. The minimum absolute atomic E-state index is 0.0332.